The number of hydrazone groups is 1. The molecule has 0 saturated heterocycles. The molecule has 1 amide bonds. The number of amides is 1. The number of halogens is 4. The van der Waals surface area contributed by atoms with Crippen LogP contribution in [-0.4, -0.2) is 44.0 Å². The number of hydrogen-bond acceptors (Lipinski definition) is 8. The molecule has 1 aliphatic carbocycles. The van der Waals surface area contributed by atoms with Crippen LogP contribution in [0.5, 0.6) is 5.75 Å². The summed E-state index contributed by atoms with van der Waals surface area (Å²) in [5, 5.41) is 7.11. The predicted octanol–water partition coefficient (Wildman–Crippen LogP) is 1.74. The van der Waals surface area contributed by atoms with E-state index < -0.39 is 38.8 Å². The number of alkyl halides is 3. The van der Waals surface area contributed by atoms with E-state index in [2.05, 4.69) is 26.2 Å². The van der Waals surface area contributed by atoms with E-state index in [1.165, 1.54) is 5.01 Å². The van der Waals surface area contributed by atoms with Crippen LogP contribution in [-0.2, 0) is 10.0 Å². The van der Waals surface area contributed by atoms with E-state index in [-0.39, 0.29) is 23.2 Å². The fourth-order valence-electron chi connectivity index (χ4n) is 2.58. The first-order valence-corrected chi connectivity index (χ1v) is 10.8. The first-order chi connectivity index (χ1) is 14.0. The van der Waals surface area contributed by atoms with Crippen LogP contribution in [0, 0.1) is 5.92 Å². The standard InChI is InChI=1S/C15H18ClF3N6O4S/c1-2-25-14(21-23-24-25)20-13(26)9-5-6-10(29-15(17,18)19)12(11(9)16)22-30(27,28)7-8-3-4-8/h5-6,8,22-24H,2-4,7H2,1H3,(H,20,21,26). The van der Waals surface area contributed by atoms with Gasteiger partial charge in [-0.3, -0.25) is 19.8 Å². The molecule has 1 saturated carbocycles. The first-order valence-electron chi connectivity index (χ1n) is 8.75. The Labute approximate surface area is 174 Å². The monoisotopic (exact) mass is 470 g/mol. The molecule has 1 heterocycles. The molecule has 15 heteroatoms. The largest absolute Gasteiger partial charge is 0.573 e. The number of nitrogens with one attached hydrogen (secondary N) is 4. The van der Waals surface area contributed by atoms with Gasteiger partial charge in [-0.25, -0.2) is 14.0 Å². The molecular weight excluding hydrogens is 453 g/mol. The Morgan fingerprint density at radius 2 is 2.10 bits per heavy atom. The van der Waals surface area contributed by atoms with Crippen molar-refractivity contribution in [3.63, 3.8) is 0 Å². The van der Waals surface area contributed by atoms with Crippen LogP contribution in [0.25, 0.3) is 0 Å². The second kappa shape index (κ2) is 8.35. The van der Waals surface area contributed by atoms with Gasteiger partial charge in [0.2, 0.25) is 16.0 Å². The smallest absolute Gasteiger partial charge is 0.403 e. The fraction of sp³-hybridized carbons (Fsp3) is 0.467. The van der Waals surface area contributed by atoms with Crippen molar-refractivity contribution in [3.8, 4) is 5.75 Å². The van der Waals surface area contributed by atoms with Crippen LogP contribution >= 0.6 is 11.6 Å². The highest BCUT2D eigenvalue weighted by atomic mass is 35.5. The molecule has 3 rings (SSSR count). The van der Waals surface area contributed by atoms with Crippen LogP contribution < -0.4 is 25.8 Å². The van der Waals surface area contributed by atoms with E-state index in [0.717, 1.165) is 12.1 Å². The molecule has 0 atom stereocenters. The number of guanidine groups is 1. The average Bonchev–Trinajstić information content (AvgIpc) is 3.31. The average molecular weight is 471 g/mol. The molecule has 166 valence electrons. The maximum atomic E-state index is 12.8. The zero-order valence-electron chi connectivity index (χ0n) is 15.5. The summed E-state index contributed by atoms with van der Waals surface area (Å²) in [4.78, 5) is 12.6. The SMILES string of the molecule is CCN1NNN=C1NC(=O)c1ccc(OC(F)(F)F)c(NS(=O)(=O)CC2CC2)c1Cl. The molecule has 1 aliphatic heterocycles. The summed E-state index contributed by atoms with van der Waals surface area (Å²) >= 11 is 6.13. The Morgan fingerprint density at radius 3 is 2.70 bits per heavy atom. The lowest BCUT2D eigenvalue weighted by Gasteiger charge is -2.19. The van der Waals surface area contributed by atoms with E-state index in [1.54, 1.807) is 6.92 Å². The van der Waals surface area contributed by atoms with Crippen molar-refractivity contribution in [1.29, 1.82) is 0 Å². The maximum Gasteiger partial charge on any atom is 0.573 e. The number of carbonyl (C=O) groups is 1. The third-order valence-corrected chi connectivity index (χ3v) is 5.95. The summed E-state index contributed by atoms with van der Waals surface area (Å²) in [5.41, 5.74) is 4.11. The predicted molar refractivity (Wildman–Crippen MR) is 102 cm³/mol. The van der Waals surface area contributed by atoms with Gasteiger partial charge in [-0.15, -0.1) is 23.8 Å². The van der Waals surface area contributed by atoms with Crippen molar-refractivity contribution in [2.24, 2.45) is 11.0 Å². The van der Waals surface area contributed by atoms with Crippen molar-refractivity contribution >= 4 is 39.2 Å². The van der Waals surface area contributed by atoms with Gasteiger partial charge in [0.15, 0.2) is 5.75 Å². The maximum absolute atomic E-state index is 12.8. The van der Waals surface area contributed by atoms with Gasteiger partial charge in [-0.2, -0.15) is 0 Å². The Balaban J connectivity index is 1.91. The number of hydrogen-bond donors (Lipinski definition) is 4. The van der Waals surface area contributed by atoms with Crippen molar-refractivity contribution < 1.29 is 31.1 Å². The zero-order valence-corrected chi connectivity index (χ0v) is 17.1. The third kappa shape index (κ3) is 5.58. The minimum atomic E-state index is -5.10. The molecule has 4 N–H and O–H groups in total. The Bertz CT molecular complexity index is 968. The van der Waals surface area contributed by atoms with Crippen molar-refractivity contribution in [3.05, 3.63) is 22.7 Å². The number of anilines is 1. The van der Waals surface area contributed by atoms with Gasteiger partial charge < -0.3 is 4.74 Å². The third-order valence-electron chi connectivity index (χ3n) is 4.13. The van der Waals surface area contributed by atoms with Crippen LogP contribution in [0.1, 0.15) is 30.1 Å². The normalized spacial score (nSPS) is 16.7. The van der Waals surface area contributed by atoms with E-state index in [9.17, 15) is 26.4 Å². The van der Waals surface area contributed by atoms with Crippen LogP contribution in [0.3, 0.4) is 0 Å². The molecule has 2 aliphatic rings. The highest BCUT2D eigenvalue weighted by molar-refractivity contribution is 7.92. The zero-order chi connectivity index (χ0) is 22.1. The molecule has 1 aromatic rings. The molecule has 10 nitrogen and oxygen atoms in total. The van der Waals surface area contributed by atoms with Crippen LogP contribution in [0.4, 0.5) is 18.9 Å². The summed E-state index contributed by atoms with van der Waals surface area (Å²) in [6, 6.07) is 1.80. The number of carbonyl (C=O) groups excluding carboxylic acids is 1. The summed E-state index contributed by atoms with van der Waals surface area (Å²) in [6.07, 6.45) is -3.68. The minimum Gasteiger partial charge on any atom is -0.403 e. The number of hydrazine groups is 2. The lowest BCUT2D eigenvalue weighted by molar-refractivity contribution is -0.274. The summed E-state index contributed by atoms with van der Waals surface area (Å²) < 4.78 is 68.8. The second-order valence-corrected chi connectivity index (χ2v) is 8.68. The minimum absolute atomic E-state index is 0.0693. The molecule has 0 spiro atoms. The molecule has 30 heavy (non-hydrogen) atoms. The van der Waals surface area contributed by atoms with Gasteiger partial charge in [0.05, 0.1) is 16.3 Å². The summed E-state index contributed by atoms with van der Waals surface area (Å²) in [7, 11) is -4.01. The van der Waals surface area contributed by atoms with Gasteiger partial charge in [-0.05, 0) is 37.8 Å². The van der Waals surface area contributed by atoms with Crippen molar-refractivity contribution in [2.75, 3.05) is 17.0 Å². The van der Waals surface area contributed by atoms with E-state index in [0.29, 0.717) is 19.4 Å². The number of nitrogens with zero attached hydrogens (tertiary/aromatic N) is 2. The van der Waals surface area contributed by atoms with Gasteiger partial charge >= 0.3 is 6.36 Å². The van der Waals surface area contributed by atoms with Crippen LogP contribution in [0.2, 0.25) is 5.02 Å². The Kier molecular flexibility index (Phi) is 6.19. The van der Waals surface area contributed by atoms with Gasteiger partial charge in [-0.1, -0.05) is 11.6 Å². The molecule has 0 aromatic heterocycles. The van der Waals surface area contributed by atoms with Gasteiger partial charge in [0.25, 0.3) is 5.91 Å². The molecule has 0 radical (unpaired) electrons. The van der Waals surface area contributed by atoms with Gasteiger partial charge in [0, 0.05) is 6.54 Å². The lowest BCUT2D eigenvalue weighted by Crippen LogP contribution is -2.47. The van der Waals surface area contributed by atoms with Crippen molar-refractivity contribution in [2.45, 2.75) is 26.1 Å². The lowest BCUT2D eigenvalue weighted by atomic mass is 10.1. The number of ether oxygens (including phenoxy) is 1. The number of benzene rings is 1. The highest BCUT2D eigenvalue weighted by Gasteiger charge is 2.35. The van der Waals surface area contributed by atoms with E-state index in [4.69, 9.17) is 11.6 Å². The summed E-state index contributed by atoms with van der Waals surface area (Å²) in [6.45, 7) is 2.19. The van der Waals surface area contributed by atoms with E-state index >= 15 is 0 Å². The van der Waals surface area contributed by atoms with Crippen LogP contribution in [0.15, 0.2) is 17.2 Å². The second-order valence-electron chi connectivity index (χ2n) is 6.53. The molecule has 0 unspecified atom stereocenters. The fourth-order valence-corrected chi connectivity index (χ4v) is 4.47. The first kappa shape index (κ1) is 22.2. The van der Waals surface area contributed by atoms with E-state index in [1.807, 2.05) is 4.72 Å². The highest BCUT2D eigenvalue weighted by Crippen LogP contribution is 2.39. The number of rotatable bonds is 7. The Morgan fingerprint density at radius 1 is 1.40 bits per heavy atom. The summed E-state index contributed by atoms with van der Waals surface area (Å²) in [5.74, 6) is -1.94. The molecule has 1 aromatic carbocycles. The topological polar surface area (TPSA) is 124 Å². The Hall–Kier alpha value is -2.45. The molecule has 0 bridgehead atoms. The number of sulfonamides is 1. The quantitative estimate of drug-likeness (QED) is 0.478. The molecule has 1 fully saturated rings. The molecular formula is C15H18ClF3N6O4S. The van der Waals surface area contributed by atoms with Crippen molar-refractivity contribution in [1.82, 2.24) is 21.4 Å². The van der Waals surface area contributed by atoms with Gasteiger partial charge in [0.1, 0.15) is 5.69 Å².